The van der Waals surface area contributed by atoms with E-state index in [-0.39, 0.29) is 29.6 Å². The molecule has 0 radical (unpaired) electrons. The molecule has 0 heterocycles. The van der Waals surface area contributed by atoms with Crippen LogP contribution in [-0.4, -0.2) is 38.3 Å². The predicted octanol–water partition coefficient (Wildman–Crippen LogP) is 3.48. The summed E-state index contributed by atoms with van der Waals surface area (Å²) in [5.74, 6) is 0.810. The van der Waals surface area contributed by atoms with Crippen molar-refractivity contribution < 1.29 is 4.74 Å². The predicted molar refractivity (Wildman–Crippen MR) is 106 cm³/mol. The molecule has 6 heteroatoms. The van der Waals surface area contributed by atoms with Gasteiger partial charge in [0.2, 0.25) is 0 Å². The molecule has 0 fully saturated rings. The number of hydrogen-bond acceptors (Lipinski definition) is 2. The van der Waals surface area contributed by atoms with Gasteiger partial charge in [-0.15, -0.1) is 24.0 Å². The molecule has 0 aliphatic carbocycles. The van der Waals surface area contributed by atoms with Crippen LogP contribution in [0.15, 0.2) is 29.3 Å². The minimum absolute atomic E-state index is 0. The molecule has 0 aliphatic heterocycles. The van der Waals surface area contributed by atoms with Crippen molar-refractivity contribution in [2.24, 2.45) is 4.99 Å². The van der Waals surface area contributed by atoms with Crippen molar-refractivity contribution >= 4 is 41.5 Å². The SMILES string of the molecule is CCNC(=NCC(C)(C)OC)NCCc1cccc(Cl)c1.I. The first-order valence-corrected chi connectivity index (χ1v) is 7.66. The Morgan fingerprint density at radius 3 is 2.64 bits per heavy atom. The summed E-state index contributed by atoms with van der Waals surface area (Å²) in [6, 6.07) is 7.92. The van der Waals surface area contributed by atoms with Gasteiger partial charge < -0.3 is 15.4 Å². The summed E-state index contributed by atoms with van der Waals surface area (Å²) in [7, 11) is 1.70. The van der Waals surface area contributed by atoms with Gasteiger partial charge in [-0.2, -0.15) is 0 Å². The summed E-state index contributed by atoms with van der Waals surface area (Å²) < 4.78 is 5.38. The second kappa shape index (κ2) is 11.1. The fourth-order valence-corrected chi connectivity index (χ4v) is 1.91. The van der Waals surface area contributed by atoms with E-state index in [1.54, 1.807) is 7.11 Å². The van der Waals surface area contributed by atoms with Crippen molar-refractivity contribution in [1.29, 1.82) is 0 Å². The number of halogens is 2. The molecule has 4 nitrogen and oxygen atoms in total. The first-order valence-electron chi connectivity index (χ1n) is 7.28. The van der Waals surface area contributed by atoms with Gasteiger partial charge in [-0.3, -0.25) is 4.99 Å². The molecule has 0 saturated heterocycles. The second-order valence-corrected chi connectivity index (χ2v) is 5.90. The number of rotatable bonds is 7. The number of methoxy groups -OCH3 is 1. The summed E-state index contributed by atoms with van der Waals surface area (Å²) in [4.78, 5) is 4.55. The van der Waals surface area contributed by atoms with Crippen molar-refractivity contribution in [3.63, 3.8) is 0 Å². The van der Waals surface area contributed by atoms with Crippen LogP contribution in [-0.2, 0) is 11.2 Å². The first kappa shape index (κ1) is 21.5. The van der Waals surface area contributed by atoms with Crippen LogP contribution < -0.4 is 10.6 Å². The van der Waals surface area contributed by atoms with Gasteiger partial charge in [-0.1, -0.05) is 23.7 Å². The average molecular weight is 440 g/mol. The normalized spacial score (nSPS) is 11.8. The molecule has 126 valence electrons. The lowest BCUT2D eigenvalue weighted by atomic mass is 10.1. The number of benzene rings is 1. The highest BCUT2D eigenvalue weighted by Crippen LogP contribution is 2.10. The van der Waals surface area contributed by atoms with Gasteiger partial charge in [0.15, 0.2) is 5.96 Å². The van der Waals surface area contributed by atoms with E-state index in [2.05, 4.69) is 28.6 Å². The molecular weight excluding hydrogens is 413 g/mol. The Morgan fingerprint density at radius 2 is 2.05 bits per heavy atom. The van der Waals surface area contributed by atoms with Gasteiger partial charge in [-0.05, 0) is 44.9 Å². The van der Waals surface area contributed by atoms with Gasteiger partial charge in [-0.25, -0.2) is 0 Å². The third-order valence-corrected chi connectivity index (χ3v) is 3.35. The first-order chi connectivity index (χ1) is 9.96. The number of nitrogens with zero attached hydrogens (tertiary/aromatic N) is 1. The Kier molecular flexibility index (Phi) is 10.8. The van der Waals surface area contributed by atoms with Gasteiger partial charge in [0, 0.05) is 25.2 Å². The quantitative estimate of drug-likeness (QED) is 0.388. The number of nitrogens with one attached hydrogen (secondary N) is 2. The maximum Gasteiger partial charge on any atom is 0.191 e. The van der Waals surface area contributed by atoms with Crippen molar-refractivity contribution in [3.05, 3.63) is 34.9 Å². The van der Waals surface area contributed by atoms with Crippen LogP contribution in [0.4, 0.5) is 0 Å². The van der Waals surface area contributed by atoms with E-state index in [4.69, 9.17) is 16.3 Å². The highest BCUT2D eigenvalue weighted by Gasteiger charge is 2.15. The summed E-state index contributed by atoms with van der Waals surface area (Å²) >= 11 is 5.98. The van der Waals surface area contributed by atoms with E-state index in [1.165, 1.54) is 5.56 Å². The van der Waals surface area contributed by atoms with Crippen LogP contribution >= 0.6 is 35.6 Å². The van der Waals surface area contributed by atoms with Gasteiger partial charge >= 0.3 is 0 Å². The maximum absolute atomic E-state index is 5.98. The van der Waals surface area contributed by atoms with E-state index in [1.807, 2.05) is 32.0 Å². The molecule has 22 heavy (non-hydrogen) atoms. The number of hydrogen-bond donors (Lipinski definition) is 2. The second-order valence-electron chi connectivity index (χ2n) is 5.47. The van der Waals surface area contributed by atoms with E-state index in [9.17, 15) is 0 Å². The molecule has 0 atom stereocenters. The zero-order valence-electron chi connectivity index (χ0n) is 13.8. The third-order valence-electron chi connectivity index (χ3n) is 3.11. The number of guanidine groups is 1. The molecule has 1 aromatic carbocycles. The molecule has 2 N–H and O–H groups in total. The smallest absolute Gasteiger partial charge is 0.191 e. The van der Waals surface area contributed by atoms with Gasteiger partial charge in [0.25, 0.3) is 0 Å². The summed E-state index contributed by atoms with van der Waals surface area (Å²) in [6.45, 7) is 8.33. The third kappa shape index (κ3) is 8.80. The lowest BCUT2D eigenvalue weighted by Gasteiger charge is -2.21. The molecule has 0 unspecified atom stereocenters. The highest BCUT2D eigenvalue weighted by atomic mass is 127. The van der Waals surface area contributed by atoms with Crippen molar-refractivity contribution in [2.75, 3.05) is 26.7 Å². The molecule has 0 saturated carbocycles. The van der Waals surface area contributed by atoms with E-state index < -0.39 is 0 Å². The lowest BCUT2D eigenvalue weighted by Crippen LogP contribution is -2.40. The average Bonchev–Trinajstić information content (AvgIpc) is 2.45. The van der Waals surface area contributed by atoms with Crippen LogP contribution in [0.25, 0.3) is 0 Å². The molecule has 0 bridgehead atoms. The topological polar surface area (TPSA) is 45.7 Å². The lowest BCUT2D eigenvalue weighted by molar-refractivity contribution is 0.0310. The zero-order chi connectivity index (χ0) is 15.7. The monoisotopic (exact) mass is 439 g/mol. The number of aliphatic imine (C=N–C) groups is 1. The Labute approximate surface area is 156 Å². The van der Waals surface area contributed by atoms with E-state index in [0.717, 1.165) is 30.5 Å². The Hall–Kier alpha value is -0.530. The van der Waals surface area contributed by atoms with Crippen LogP contribution in [0.5, 0.6) is 0 Å². The molecular formula is C16H27ClIN3O. The van der Waals surface area contributed by atoms with Crippen molar-refractivity contribution in [2.45, 2.75) is 32.8 Å². The van der Waals surface area contributed by atoms with Crippen LogP contribution in [0.2, 0.25) is 5.02 Å². The van der Waals surface area contributed by atoms with E-state index in [0.29, 0.717) is 6.54 Å². The van der Waals surface area contributed by atoms with Crippen molar-refractivity contribution in [3.8, 4) is 0 Å². The Bertz CT molecular complexity index is 466. The molecule has 0 spiro atoms. The summed E-state index contributed by atoms with van der Waals surface area (Å²) in [5, 5.41) is 7.33. The maximum atomic E-state index is 5.98. The molecule has 1 aromatic rings. The summed E-state index contributed by atoms with van der Waals surface area (Å²) in [5.41, 5.74) is 0.957. The summed E-state index contributed by atoms with van der Waals surface area (Å²) in [6.07, 6.45) is 0.901. The minimum Gasteiger partial charge on any atom is -0.377 e. The highest BCUT2D eigenvalue weighted by molar-refractivity contribution is 14.0. The Balaban J connectivity index is 0.00000441. The molecule has 1 rings (SSSR count). The molecule has 0 aliphatic rings. The molecule has 0 aromatic heterocycles. The van der Waals surface area contributed by atoms with E-state index >= 15 is 0 Å². The zero-order valence-corrected chi connectivity index (χ0v) is 16.9. The minimum atomic E-state index is -0.255. The number of ether oxygens (including phenoxy) is 1. The largest absolute Gasteiger partial charge is 0.377 e. The van der Waals surface area contributed by atoms with Crippen LogP contribution in [0, 0.1) is 0 Å². The standard InChI is InChI=1S/C16H26ClN3O.HI/c1-5-18-15(20-12-16(2,3)21-4)19-10-9-13-7-6-8-14(17)11-13;/h6-8,11H,5,9-10,12H2,1-4H3,(H2,18,19,20);1H. The van der Waals surface area contributed by atoms with Gasteiger partial charge in [0.05, 0.1) is 12.1 Å². The fraction of sp³-hybridized carbons (Fsp3) is 0.562. The van der Waals surface area contributed by atoms with Crippen LogP contribution in [0.1, 0.15) is 26.3 Å². The van der Waals surface area contributed by atoms with Crippen LogP contribution in [0.3, 0.4) is 0 Å². The molecule has 0 amide bonds. The van der Waals surface area contributed by atoms with Gasteiger partial charge in [0.1, 0.15) is 0 Å². The fourth-order valence-electron chi connectivity index (χ4n) is 1.69. The Morgan fingerprint density at radius 1 is 1.32 bits per heavy atom. The van der Waals surface area contributed by atoms with Crippen molar-refractivity contribution in [1.82, 2.24) is 10.6 Å².